The fourth-order valence-electron chi connectivity index (χ4n) is 2.88. The second kappa shape index (κ2) is 6.71. The lowest BCUT2D eigenvalue weighted by atomic mass is 10.2. The van der Waals surface area contributed by atoms with Crippen LogP contribution < -0.4 is 4.90 Å². The molecule has 1 aromatic carbocycles. The molecule has 9 heteroatoms. The zero-order valence-corrected chi connectivity index (χ0v) is 16.1. The van der Waals surface area contributed by atoms with Crippen LogP contribution in [0.4, 0.5) is 15.6 Å². The number of aromatic nitrogens is 1. The lowest BCUT2D eigenvalue weighted by Crippen LogP contribution is -2.55. The van der Waals surface area contributed by atoms with Crippen molar-refractivity contribution in [2.24, 2.45) is 0 Å². The lowest BCUT2D eigenvalue weighted by molar-refractivity contribution is -0.384. The molecule has 1 atom stereocenters. The quantitative estimate of drug-likeness (QED) is 0.585. The number of ether oxygens (including phenoxy) is 1. The summed E-state index contributed by atoms with van der Waals surface area (Å²) in [6.07, 6.45) is -0.301. The van der Waals surface area contributed by atoms with Gasteiger partial charge in [-0.3, -0.25) is 10.1 Å². The Bertz CT molecular complexity index is 845. The average molecular weight is 378 g/mol. The molecule has 1 fully saturated rings. The van der Waals surface area contributed by atoms with E-state index in [0.717, 1.165) is 9.83 Å². The van der Waals surface area contributed by atoms with Crippen molar-refractivity contribution in [3.8, 4) is 0 Å². The fourth-order valence-corrected chi connectivity index (χ4v) is 3.86. The van der Waals surface area contributed by atoms with Gasteiger partial charge in [-0.1, -0.05) is 11.3 Å². The van der Waals surface area contributed by atoms with Gasteiger partial charge in [0.05, 0.1) is 15.1 Å². The Balaban J connectivity index is 1.73. The Kier molecular flexibility index (Phi) is 4.74. The molecule has 2 heterocycles. The van der Waals surface area contributed by atoms with E-state index < -0.39 is 10.5 Å². The normalized spacial score (nSPS) is 18.2. The summed E-state index contributed by atoms with van der Waals surface area (Å²) in [5, 5.41) is 11.7. The van der Waals surface area contributed by atoms with Crippen LogP contribution in [0.2, 0.25) is 0 Å². The number of nitro benzene ring substituents is 1. The third-order valence-electron chi connectivity index (χ3n) is 4.10. The fraction of sp³-hybridized carbons (Fsp3) is 0.529. The van der Waals surface area contributed by atoms with Gasteiger partial charge in [0.25, 0.3) is 5.69 Å². The van der Waals surface area contributed by atoms with E-state index in [1.165, 1.54) is 23.5 Å². The summed E-state index contributed by atoms with van der Waals surface area (Å²) in [6, 6.07) is 4.71. The summed E-state index contributed by atoms with van der Waals surface area (Å²) in [6.45, 7) is 9.37. The Hall–Kier alpha value is -2.42. The van der Waals surface area contributed by atoms with Gasteiger partial charge in [0.1, 0.15) is 5.60 Å². The van der Waals surface area contributed by atoms with Gasteiger partial charge in [-0.2, -0.15) is 0 Å². The second-order valence-electron chi connectivity index (χ2n) is 7.37. The Labute approximate surface area is 155 Å². The number of benzene rings is 1. The highest BCUT2D eigenvalue weighted by Crippen LogP contribution is 2.32. The zero-order chi connectivity index (χ0) is 19.1. The molecule has 1 saturated heterocycles. The van der Waals surface area contributed by atoms with Crippen LogP contribution in [0.25, 0.3) is 10.2 Å². The van der Waals surface area contributed by atoms with Crippen LogP contribution in [-0.2, 0) is 4.74 Å². The molecular formula is C17H22N4O4S. The number of non-ortho nitro benzene ring substituents is 1. The number of amides is 1. The number of hydrogen-bond acceptors (Lipinski definition) is 7. The second-order valence-corrected chi connectivity index (χ2v) is 8.38. The number of carbonyl (C=O) groups is 1. The van der Waals surface area contributed by atoms with E-state index in [0.29, 0.717) is 25.2 Å². The number of anilines is 1. The van der Waals surface area contributed by atoms with Crippen molar-refractivity contribution in [3.05, 3.63) is 28.3 Å². The maximum absolute atomic E-state index is 12.3. The maximum atomic E-state index is 12.3. The van der Waals surface area contributed by atoms with Gasteiger partial charge < -0.3 is 14.5 Å². The van der Waals surface area contributed by atoms with Gasteiger partial charge in [-0.15, -0.1) is 0 Å². The molecular weight excluding hydrogens is 356 g/mol. The first-order chi connectivity index (χ1) is 12.1. The van der Waals surface area contributed by atoms with Gasteiger partial charge in [-0.05, 0) is 33.8 Å². The van der Waals surface area contributed by atoms with E-state index >= 15 is 0 Å². The topological polar surface area (TPSA) is 88.8 Å². The van der Waals surface area contributed by atoms with Crippen LogP contribution in [-0.4, -0.2) is 52.2 Å². The summed E-state index contributed by atoms with van der Waals surface area (Å²) in [5.74, 6) is 0. The minimum atomic E-state index is -0.518. The van der Waals surface area contributed by atoms with Gasteiger partial charge in [0, 0.05) is 37.8 Å². The van der Waals surface area contributed by atoms with Crippen LogP contribution in [0, 0.1) is 10.1 Å². The van der Waals surface area contributed by atoms with Gasteiger partial charge >= 0.3 is 6.09 Å². The van der Waals surface area contributed by atoms with E-state index in [-0.39, 0.29) is 17.8 Å². The number of nitro groups is 1. The SMILES string of the molecule is C[C@H]1CN(c2nc3cc([N+](=O)[O-])ccc3s2)CCN1C(=O)OC(C)(C)C. The lowest BCUT2D eigenvalue weighted by Gasteiger charge is -2.40. The third kappa shape index (κ3) is 3.87. The summed E-state index contributed by atoms with van der Waals surface area (Å²) < 4.78 is 6.37. The van der Waals surface area contributed by atoms with Crippen LogP contribution in [0.15, 0.2) is 18.2 Å². The van der Waals surface area contributed by atoms with Gasteiger partial charge in [0.15, 0.2) is 5.13 Å². The molecule has 0 aliphatic carbocycles. The molecule has 8 nitrogen and oxygen atoms in total. The first-order valence-electron chi connectivity index (χ1n) is 8.43. The Morgan fingerprint density at radius 3 is 2.73 bits per heavy atom. The number of nitrogens with zero attached hydrogens (tertiary/aromatic N) is 4. The Morgan fingerprint density at radius 2 is 2.12 bits per heavy atom. The van der Waals surface area contributed by atoms with Crippen molar-refractivity contribution >= 4 is 38.5 Å². The van der Waals surface area contributed by atoms with Crippen molar-refractivity contribution in [1.82, 2.24) is 9.88 Å². The van der Waals surface area contributed by atoms with E-state index in [1.54, 1.807) is 11.0 Å². The molecule has 2 aromatic rings. The third-order valence-corrected chi connectivity index (χ3v) is 5.19. The Morgan fingerprint density at radius 1 is 1.38 bits per heavy atom. The molecule has 0 saturated carbocycles. The molecule has 0 radical (unpaired) electrons. The summed E-state index contributed by atoms with van der Waals surface area (Å²) >= 11 is 1.50. The molecule has 0 unspecified atom stereocenters. The molecule has 1 amide bonds. The first kappa shape index (κ1) is 18.4. The maximum Gasteiger partial charge on any atom is 0.410 e. The van der Waals surface area contributed by atoms with Crippen LogP contribution >= 0.6 is 11.3 Å². The van der Waals surface area contributed by atoms with Crippen LogP contribution in [0.3, 0.4) is 0 Å². The molecule has 0 spiro atoms. The monoisotopic (exact) mass is 378 g/mol. The number of piperazine rings is 1. The highest BCUT2D eigenvalue weighted by Gasteiger charge is 2.31. The van der Waals surface area contributed by atoms with Gasteiger partial charge in [0.2, 0.25) is 0 Å². The number of rotatable bonds is 2. The standard InChI is InChI=1S/C17H22N4O4S/c1-11-10-19(7-8-20(11)16(22)25-17(2,3)4)15-18-13-9-12(21(23)24)5-6-14(13)26-15/h5-6,9,11H,7-8,10H2,1-4H3/t11-/m0/s1. The van der Waals surface area contributed by atoms with Crippen molar-refractivity contribution in [2.45, 2.75) is 39.3 Å². The van der Waals surface area contributed by atoms with Crippen molar-refractivity contribution in [1.29, 1.82) is 0 Å². The molecule has 1 aliphatic rings. The largest absolute Gasteiger partial charge is 0.444 e. The van der Waals surface area contributed by atoms with Crippen molar-refractivity contribution in [3.63, 3.8) is 0 Å². The molecule has 26 heavy (non-hydrogen) atoms. The van der Waals surface area contributed by atoms with E-state index in [2.05, 4.69) is 9.88 Å². The minimum Gasteiger partial charge on any atom is -0.444 e. The number of fused-ring (bicyclic) bond motifs is 1. The van der Waals surface area contributed by atoms with E-state index in [1.807, 2.05) is 27.7 Å². The highest BCUT2D eigenvalue weighted by molar-refractivity contribution is 7.22. The number of carbonyl (C=O) groups excluding carboxylic acids is 1. The minimum absolute atomic E-state index is 0.0139. The van der Waals surface area contributed by atoms with Gasteiger partial charge in [-0.25, -0.2) is 9.78 Å². The predicted octanol–water partition coefficient (Wildman–Crippen LogP) is 3.65. The number of hydrogen-bond donors (Lipinski definition) is 0. The highest BCUT2D eigenvalue weighted by atomic mass is 32.1. The molecule has 1 aromatic heterocycles. The van der Waals surface area contributed by atoms with Crippen LogP contribution in [0.5, 0.6) is 0 Å². The summed E-state index contributed by atoms with van der Waals surface area (Å²) in [4.78, 5) is 31.2. The summed E-state index contributed by atoms with van der Waals surface area (Å²) in [7, 11) is 0. The molecule has 140 valence electrons. The first-order valence-corrected chi connectivity index (χ1v) is 9.25. The van der Waals surface area contributed by atoms with Crippen molar-refractivity contribution in [2.75, 3.05) is 24.5 Å². The molecule has 0 bridgehead atoms. The summed E-state index contributed by atoms with van der Waals surface area (Å²) in [5.41, 5.74) is 0.147. The molecule has 3 rings (SSSR count). The molecule has 1 aliphatic heterocycles. The van der Waals surface area contributed by atoms with E-state index in [4.69, 9.17) is 4.74 Å². The van der Waals surface area contributed by atoms with Crippen molar-refractivity contribution < 1.29 is 14.5 Å². The van der Waals surface area contributed by atoms with Crippen LogP contribution in [0.1, 0.15) is 27.7 Å². The average Bonchev–Trinajstić information content (AvgIpc) is 2.95. The molecule has 0 N–H and O–H groups in total. The zero-order valence-electron chi connectivity index (χ0n) is 15.3. The smallest absolute Gasteiger partial charge is 0.410 e. The van der Waals surface area contributed by atoms with E-state index in [9.17, 15) is 14.9 Å². The number of thiazole rings is 1. The predicted molar refractivity (Wildman–Crippen MR) is 101 cm³/mol.